The second-order valence-electron chi connectivity index (χ2n) is 6.62. The highest BCUT2D eigenvalue weighted by Gasteiger charge is 2.17. The first-order chi connectivity index (χ1) is 13.6. The van der Waals surface area contributed by atoms with Crippen LogP contribution in [0.3, 0.4) is 0 Å². The normalized spacial score (nSPS) is 11.0. The van der Waals surface area contributed by atoms with E-state index in [0.717, 1.165) is 49.2 Å². The van der Waals surface area contributed by atoms with Gasteiger partial charge in [-0.05, 0) is 60.2 Å². The van der Waals surface area contributed by atoms with Crippen molar-refractivity contribution in [3.8, 4) is 10.6 Å². The van der Waals surface area contributed by atoms with Crippen LogP contribution < -0.4 is 5.32 Å². The average molecular weight is 451 g/mol. The average Bonchev–Trinajstić information content (AvgIpc) is 3.22. The molecule has 140 valence electrons. The predicted octanol–water partition coefficient (Wildman–Crippen LogP) is 6.85. The number of hydrogen-bond acceptors (Lipinski definition) is 3. The van der Waals surface area contributed by atoms with Gasteiger partial charge in [0.25, 0.3) is 5.91 Å². The fraction of sp³-hybridized carbons (Fsp3) is 0.130. The van der Waals surface area contributed by atoms with Crippen LogP contribution in [0.4, 0.5) is 5.69 Å². The van der Waals surface area contributed by atoms with Crippen LogP contribution in [0.15, 0.2) is 64.5 Å². The molecule has 2 aromatic carbocycles. The summed E-state index contributed by atoms with van der Waals surface area (Å²) in [5.74, 6) is -0.122. The quantitative estimate of drug-likeness (QED) is 0.369. The van der Waals surface area contributed by atoms with Crippen LogP contribution in [-0.4, -0.2) is 10.9 Å². The number of fused-ring (bicyclic) bond motifs is 1. The molecule has 0 radical (unpaired) electrons. The number of carbonyl (C=O) groups excluding carboxylic acids is 1. The van der Waals surface area contributed by atoms with Crippen LogP contribution in [-0.2, 0) is 6.42 Å². The van der Waals surface area contributed by atoms with Gasteiger partial charge in [0.05, 0.1) is 21.7 Å². The van der Waals surface area contributed by atoms with Crippen LogP contribution in [0.1, 0.15) is 28.4 Å². The number of nitrogens with one attached hydrogen (secondary N) is 1. The zero-order chi connectivity index (χ0) is 19.7. The molecule has 0 saturated heterocycles. The van der Waals surface area contributed by atoms with Crippen LogP contribution in [0, 0.1) is 6.92 Å². The van der Waals surface area contributed by atoms with E-state index in [9.17, 15) is 4.79 Å². The van der Waals surface area contributed by atoms with E-state index in [4.69, 9.17) is 4.98 Å². The minimum Gasteiger partial charge on any atom is -0.322 e. The van der Waals surface area contributed by atoms with Crippen LogP contribution in [0.2, 0.25) is 0 Å². The van der Waals surface area contributed by atoms with Crippen molar-refractivity contribution in [2.75, 3.05) is 5.32 Å². The highest BCUT2D eigenvalue weighted by atomic mass is 79.9. The Balaban J connectivity index is 1.88. The summed E-state index contributed by atoms with van der Waals surface area (Å²) in [6.07, 6.45) is 0.860. The Morgan fingerprint density at radius 3 is 2.71 bits per heavy atom. The van der Waals surface area contributed by atoms with E-state index < -0.39 is 0 Å². The summed E-state index contributed by atoms with van der Waals surface area (Å²) in [5.41, 5.74) is 5.30. The second kappa shape index (κ2) is 7.86. The second-order valence-corrected chi connectivity index (χ2v) is 8.48. The molecule has 0 aliphatic carbocycles. The number of aryl methyl sites for hydroxylation is 2. The molecule has 28 heavy (non-hydrogen) atoms. The maximum absolute atomic E-state index is 13.3. The summed E-state index contributed by atoms with van der Waals surface area (Å²) >= 11 is 5.18. The topological polar surface area (TPSA) is 42.0 Å². The molecule has 0 fully saturated rings. The number of nitrogens with zero attached hydrogens (tertiary/aromatic N) is 1. The summed E-state index contributed by atoms with van der Waals surface area (Å²) in [6.45, 7) is 4.11. The van der Waals surface area contributed by atoms with Gasteiger partial charge in [-0.3, -0.25) is 4.79 Å². The van der Waals surface area contributed by atoms with E-state index in [1.807, 2.05) is 66.9 Å². The van der Waals surface area contributed by atoms with Gasteiger partial charge < -0.3 is 5.32 Å². The summed E-state index contributed by atoms with van der Waals surface area (Å²) in [5, 5.41) is 5.97. The van der Waals surface area contributed by atoms with E-state index in [1.165, 1.54) is 0 Å². The number of amides is 1. The first-order valence-corrected chi connectivity index (χ1v) is 10.8. The fourth-order valence-corrected chi connectivity index (χ4v) is 4.59. The number of pyridine rings is 1. The van der Waals surface area contributed by atoms with Gasteiger partial charge in [-0.2, -0.15) is 0 Å². The lowest BCUT2D eigenvalue weighted by atomic mass is 10.0. The molecule has 0 unspecified atom stereocenters. The first kappa shape index (κ1) is 18.8. The number of halogens is 1. The first-order valence-electron chi connectivity index (χ1n) is 9.11. The lowest BCUT2D eigenvalue weighted by Crippen LogP contribution is -2.14. The van der Waals surface area contributed by atoms with Crippen molar-refractivity contribution in [1.29, 1.82) is 0 Å². The van der Waals surface area contributed by atoms with Gasteiger partial charge >= 0.3 is 0 Å². The minimum absolute atomic E-state index is 0.122. The molecule has 3 nitrogen and oxygen atoms in total. The summed E-state index contributed by atoms with van der Waals surface area (Å²) in [6, 6.07) is 17.8. The Labute approximate surface area is 176 Å². The third-order valence-electron chi connectivity index (χ3n) is 4.73. The monoisotopic (exact) mass is 450 g/mol. The van der Waals surface area contributed by atoms with Gasteiger partial charge in [-0.1, -0.05) is 47.1 Å². The molecule has 0 atom stereocenters. The van der Waals surface area contributed by atoms with Crippen molar-refractivity contribution in [3.05, 3.63) is 81.1 Å². The summed E-state index contributed by atoms with van der Waals surface area (Å²) in [4.78, 5) is 19.2. The standard InChI is InChI=1S/C23H19BrN2OS/c1-3-15-7-4-5-8-19(15)26-23(27)18-13-20(21-9-6-10-28-21)25-22-14(2)11-16(24)12-17(18)22/h4-13H,3H2,1-2H3,(H,26,27). The number of rotatable bonds is 4. The van der Waals surface area contributed by atoms with E-state index in [2.05, 4.69) is 28.2 Å². The minimum atomic E-state index is -0.122. The smallest absolute Gasteiger partial charge is 0.256 e. The molecule has 0 spiro atoms. The van der Waals surface area contributed by atoms with Gasteiger partial charge in [-0.25, -0.2) is 4.98 Å². The number of carbonyl (C=O) groups is 1. The number of thiophene rings is 1. The van der Waals surface area contributed by atoms with E-state index in [1.54, 1.807) is 11.3 Å². The molecule has 1 N–H and O–H groups in total. The molecule has 2 aromatic heterocycles. The van der Waals surface area contributed by atoms with Gasteiger partial charge in [0, 0.05) is 15.5 Å². The molecule has 0 saturated carbocycles. The number of para-hydroxylation sites is 1. The van der Waals surface area contributed by atoms with Crippen LogP contribution >= 0.6 is 27.3 Å². The fourth-order valence-electron chi connectivity index (χ4n) is 3.34. The van der Waals surface area contributed by atoms with E-state index >= 15 is 0 Å². The Morgan fingerprint density at radius 2 is 1.96 bits per heavy atom. The third-order valence-corrected chi connectivity index (χ3v) is 6.08. The molecule has 0 aliphatic rings. The van der Waals surface area contributed by atoms with Gasteiger partial charge in [0.15, 0.2) is 0 Å². The number of anilines is 1. The maximum atomic E-state index is 13.3. The number of hydrogen-bond donors (Lipinski definition) is 1. The largest absolute Gasteiger partial charge is 0.322 e. The third kappa shape index (κ3) is 3.60. The summed E-state index contributed by atoms with van der Waals surface area (Å²) in [7, 11) is 0. The molecular formula is C23H19BrN2OS. The van der Waals surface area contributed by atoms with Crippen molar-refractivity contribution in [1.82, 2.24) is 4.98 Å². The molecule has 1 amide bonds. The van der Waals surface area contributed by atoms with Crippen LogP contribution in [0.5, 0.6) is 0 Å². The van der Waals surface area contributed by atoms with E-state index in [0.29, 0.717) is 5.56 Å². The van der Waals surface area contributed by atoms with E-state index in [-0.39, 0.29) is 5.91 Å². The molecule has 5 heteroatoms. The SMILES string of the molecule is CCc1ccccc1NC(=O)c1cc(-c2cccs2)nc2c(C)cc(Br)cc12. The maximum Gasteiger partial charge on any atom is 0.256 e. The van der Waals surface area contributed by atoms with Crippen LogP contribution in [0.25, 0.3) is 21.5 Å². The molecular weight excluding hydrogens is 432 g/mol. The highest BCUT2D eigenvalue weighted by Crippen LogP contribution is 2.32. The lowest BCUT2D eigenvalue weighted by molar-refractivity contribution is 0.102. The molecule has 2 heterocycles. The molecule has 4 rings (SSSR count). The van der Waals surface area contributed by atoms with Gasteiger partial charge in [-0.15, -0.1) is 11.3 Å². The molecule has 0 aliphatic heterocycles. The lowest BCUT2D eigenvalue weighted by Gasteiger charge is -2.13. The Morgan fingerprint density at radius 1 is 1.14 bits per heavy atom. The molecule has 0 bridgehead atoms. The zero-order valence-corrected chi connectivity index (χ0v) is 18.0. The Kier molecular flexibility index (Phi) is 5.29. The predicted molar refractivity (Wildman–Crippen MR) is 121 cm³/mol. The van der Waals surface area contributed by atoms with Crippen molar-refractivity contribution in [2.24, 2.45) is 0 Å². The molecule has 4 aromatic rings. The van der Waals surface area contributed by atoms with Crippen molar-refractivity contribution >= 4 is 49.8 Å². The van der Waals surface area contributed by atoms with Crippen molar-refractivity contribution in [2.45, 2.75) is 20.3 Å². The summed E-state index contributed by atoms with van der Waals surface area (Å²) < 4.78 is 0.936. The van der Waals surface area contributed by atoms with Crippen molar-refractivity contribution < 1.29 is 4.79 Å². The van der Waals surface area contributed by atoms with Gasteiger partial charge in [0.1, 0.15) is 0 Å². The van der Waals surface area contributed by atoms with Gasteiger partial charge in [0.2, 0.25) is 0 Å². The highest BCUT2D eigenvalue weighted by molar-refractivity contribution is 9.10. The Hall–Kier alpha value is -2.50. The Bertz CT molecular complexity index is 1170. The zero-order valence-electron chi connectivity index (χ0n) is 15.6. The number of benzene rings is 2. The van der Waals surface area contributed by atoms with Crippen molar-refractivity contribution in [3.63, 3.8) is 0 Å². The number of aromatic nitrogens is 1.